The number of hydrogen-bond donors (Lipinski definition) is 2. The Hall–Kier alpha value is -1.07. The predicted octanol–water partition coefficient (Wildman–Crippen LogP) is 2.36. The smallest absolute Gasteiger partial charge is 0.394 e. The first-order valence-electron chi connectivity index (χ1n) is 5.97. The molecule has 0 radical (unpaired) electrons. The van der Waals surface area contributed by atoms with Gasteiger partial charge in [0, 0.05) is 5.54 Å². The Bertz CT molecular complexity index is 411. The third kappa shape index (κ3) is 2.84. The van der Waals surface area contributed by atoms with Crippen LogP contribution in [0.15, 0.2) is 24.3 Å². The molecule has 1 unspecified atom stereocenters. The van der Waals surface area contributed by atoms with Crippen LogP contribution in [0.4, 0.5) is 13.2 Å². The molecule has 2 nitrogen and oxygen atoms in total. The Kier molecular flexibility index (Phi) is 3.64. The Labute approximate surface area is 104 Å². The van der Waals surface area contributed by atoms with Crippen molar-refractivity contribution in [3.63, 3.8) is 0 Å². The molecule has 1 aliphatic heterocycles. The Morgan fingerprint density at radius 3 is 2.67 bits per heavy atom. The van der Waals surface area contributed by atoms with Crippen molar-refractivity contribution in [1.82, 2.24) is 5.32 Å². The number of aliphatic hydroxyl groups is 1. The lowest BCUT2D eigenvalue weighted by Gasteiger charge is -2.27. The van der Waals surface area contributed by atoms with Gasteiger partial charge in [-0.3, -0.25) is 0 Å². The maximum atomic E-state index is 12.6. The highest BCUT2D eigenvalue weighted by Gasteiger charge is 2.34. The Morgan fingerprint density at radius 2 is 2.11 bits per heavy atom. The maximum Gasteiger partial charge on any atom is 0.416 e. The van der Waals surface area contributed by atoms with Crippen LogP contribution < -0.4 is 5.32 Å². The average Bonchev–Trinajstić information content (AvgIpc) is 2.77. The molecule has 1 aromatic carbocycles. The van der Waals surface area contributed by atoms with Crippen LogP contribution in [-0.2, 0) is 12.6 Å². The first-order chi connectivity index (χ1) is 8.45. The third-order valence-corrected chi connectivity index (χ3v) is 3.43. The quantitative estimate of drug-likeness (QED) is 0.873. The summed E-state index contributed by atoms with van der Waals surface area (Å²) < 4.78 is 37.8. The lowest BCUT2D eigenvalue weighted by Crippen LogP contribution is -2.45. The molecule has 1 fully saturated rings. The number of alkyl halides is 3. The molecular formula is C13H16F3NO. The molecule has 1 heterocycles. The van der Waals surface area contributed by atoms with Crippen LogP contribution in [0.5, 0.6) is 0 Å². The number of aliphatic hydroxyl groups excluding tert-OH is 1. The van der Waals surface area contributed by atoms with Crippen LogP contribution in [-0.4, -0.2) is 23.8 Å². The minimum absolute atomic E-state index is 0.0523. The second-order valence-electron chi connectivity index (χ2n) is 4.84. The second kappa shape index (κ2) is 4.90. The second-order valence-corrected chi connectivity index (χ2v) is 4.84. The molecule has 1 aromatic rings. The fraction of sp³-hybridized carbons (Fsp3) is 0.538. The van der Waals surface area contributed by atoms with Crippen molar-refractivity contribution in [3.8, 4) is 0 Å². The molecule has 0 saturated carbocycles. The highest BCUT2D eigenvalue weighted by atomic mass is 19.4. The standard InChI is InChI=1S/C13H16F3NO/c14-13(15,16)11-4-1-3-10(7-11)8-12(9-18)5-2-6-17-12/h1,3-4,7,17-18H,2,5-6,8-9H2. The SMILES string of the molecule is OCC1(Cc2cccc(C(F)(F)F)c2)CCCN1. The minimum Gasteiger partial charge on any atom is -0.394 e. The van der Waals surface area contributed by atoms with Gasteiger partial charge in [0.2, 0.25) is 0 Å². The van der Waals surface area contributed by atoms with Crippen LogP contribution in [0.3, 0.4) is 0 Å². The van der Waals surface area contributed by atoms with E-state index in [-0.39, 0.29) is 6.61 Å². The van der Waals surface area contributed by atoms with E-state index < -0.39 is 17.3 Å². The number of rotatable bonds is 3. The molecule has 100 valence electrons. The predicted molar refractivity (Wildman–Crippen MR) is 62.2 cm³/mol. The lowest BCUT2D eigenvalue weighted by molar-refractivity contribution is -0.137. The molecule has 5 heteroatoms. The van der Waals surface area contributed by atoms with Crippen molar-refractivity contribution in [3.05, 3.63) is 35.4 Å². The number of hydrogen-bond acceptors (Lipinski definition) is 2. The third-order valence-electron chi connectivity index (χ3n) is 3.43. The van der Waals surface area contributed by atoms with E-state index in [1.165, 1.54) is 6.07 Å². The van der Waals surface area contributed by atoms with Crippen molar-refractivity contribution >= 4 is 0 Å². The largest absolute Gasteiger partial charge is 0.416 e. The van der Waals surface area contributed by atoms with E-state index in [4.69, 9.17) is 0 Å². The molecule has 1 saturated heterocycles. The highest BCUT2D eigenvalue weighted by Crippen LogP contribution is 2.31. The van der Waals surface area contributed by atoms with E-state index in [2.05, 4.69) is 5.32 Å². The van der Waals surface area contributed by atoms with Crippen molar-refractivity contribution in [1.29, 1.82) is 0 Å². The van der Waals surface area contributed by atoms with Crippen LogP contribution >= 0.6 is 0 Å². The summed E-state index contributed by atoms with van der Waals surface area (Å²) >= 11 is 0. The molecular weight excluding hydrogens is 243 g/mol. The van der Waals surface area contributed by atoms with Gasteiger partial charge in [0.05, 0.1) is 12.2 Å². The average molecular weight is 259 g/mol. The van der Waals surface area contributed by atoms with Crippen LogP contribution in [0.2, 0.25) is 0 Å². The van der Waals surface area contributed by atoms with E-state index in [0.29, 0.717) is 12.0 Å². The monoisotopic (exact) mass is 259 g/mol. The van der Waals surface area contributed by atoms with Gasteiger partial charge in [-0.2, -0.15) is 13.2 Å². The first kappa shape index (κ1) is 13.4. The van der Waals surface area contributed by atoms with E-state index >= 15 is 0 Å². The lowest BCUT2D eigenvalue weighted by atomic mass is 9.89. The molecule has 0 aromatic heterocycles. The van der Waals surface area contributed by atoms with Crippen molar-refractivity contribution in [2.75, 3.05) is 13.2 Å². The molecule has 1 atom stereocenters. The Balaban J connectivity index is 2.19. The zero-order valence-electron chi connectivity index (χ0n) is 9.93. The minimum atomic E-state index is -4.31. The molecule has 2 N–H and O–H groups in total. The van der Waals surface area contributed by atoms with Gasteiger partial charge in [0.25, 0.3) is 0 Å². The topological polar surface area (TPSA) is 32.3 Å². The van der Waals surface area contributed by atoms with Crippen LogP contribution in [0.25, 0.3) is 0 Å². The molecule has 0 aliphatic carbocycles. The van der Waals surface area contributed by atoms with Crippen LogP contribution in [0, 0.1) is 0 Å². The van der Waals surface area contributed by atoms with E-state index in [1.807, 2.05) is 0 Å². The van der Waals surface area contributed by atoms with Crippen molar-refractivity contribution in [2.45, 2.75) is 31.0 Å². The zero-order valence-corrected chi connectivity index (χ0v) is 9.93. The zero-order chi connectivity index (χ0) is 13.2. The van der Waals surface area contributed by atoms with E-state index in [1.54, 1.807) is 6.07 Å². The summed E-state index contributed by atoms with van der Waals surface area (Å²) in [5.41, 5.74) is -0.483. The van der Waals surface area contributed by atoms with Gasteiger partial charge in [0.1, 0.15) is 0 Å². The van der Waals surface area contributed by atoms with Gasteiger partial charge in [-0.1, -0.05) is 18.2 Å². The summed E-state index contributed by atoms with van der Waals surface area (Å²) in [5.74, 6) is 0. The van der Waals surface area contributed by atoms with Gasteiger partial charge in [-0.25, -0.2) is 0 Å². The van der Waals surface area contributed by atoms with Gasteiger partial charge >= 0.3 is 6.18 Å². The summed E-state index contributed by atoms with van der Waals surface area (Å²) in [6.07, 6.45) is -2.15. The summed E-state index contributed by atoms with van der Waals surface area (Å²) in [5, 5.41) is 12.6. The summed E-state index contributed by atoms with van der Waals surface area (Å²) in [7, 11) is 0. The maximum absolute atomic E-state index is 12.6. The molecule has 0 bridgehead atoms. The van der Waals surface area contributed by atoms with Gasteiger partial charge in [0.15, 0.2) is 0 Å². The number of halogens is 3. The highest BCUT2D eigenvalue weighted by molar-refractivity contribution is 5.27. The summed E-state index contributed by atoms with van der Waals surface area (Å²) in [6, 6.07) is 5.32. The van der Waals surface area contributed by atoms with E-state index in [9.17, 15) is 18.3 Å². The molecule has 1 aliphatic rings. The normalized spacial score (nSPS) is 24.4. The summed E-state index contributed by atoms with van der Waals surface area (Å²) in [6.45, 7) is 0.753. The molecule has 2 rings (SSSR count). The first-order valence-corrected chi connectivity index (χ1v) is 5.97. The van der Waals surface area contributed by atoms with Crippen molar-refractivity contribution in [2.24, 2.45) is 0 Å². The number of nitrogens with one attached hydrogen (secondary N) is 1. The van der Waals surface area contributed by atoms with Gasteiger partial charge < -0.3 is 10.4 Å². The Morgan fingerprint density at radius 1 is 1.33 bits per heavy atom. The fourth-order valence-corrected chi connectivity index (χ4v) is 2.46. The molecule has 0 spiro atoms. The molecule has 0 amide bonds. The fourth-order valence-electron chi connectivity index (χ4n) is 2.46. The molecule has 18 heavy (non-hydrogen) atoms. The van der Waals surface area contributed by atoms with E-state index in [0.717, 1.165) is 31.5 Å². The van der Waals surface area contributed by atoms with Crippen LogP contribution in [0.1, 0.15) is 24.0 Å². The van der Waals surface area contributed by atoms with Gasteiger partial charge in [-0.05, 0) is 37.4 Å². The summed E-state index contributed by atoms with van der Waals surface area (Å²) in [4.78, 5) is 0. The van der Waals surface area contributed by atoms with Crippen molar-refractivity contribution < 1.29 is 18.3 Å². The van der Waals surface area contributed by atoms with Gasteiger partial charge in [-0.15, -0.1) is 0 Å². The number of benzene rings is 1.